The molecule has 0 amide bonds. The van der Waals surface area contributed by atoms with Gasteiger partial charge in [0.2, 0.25) is 0 Å². The third kappa shape index (κ3) is 8.96. The summed E-state index contributed by atoms with van der Waals surface area (Å²) in [5.74, 6) is -2.77. The Morgan fingerprint density at radius 1 is 1.31 bits per heavy atom. The van der Waals surface area contributed by atoms with Crippen LogP contribution in [0.4, 0.5) is 8.78 Å². The van der Waals surface area contributed by atoms with Crippen molar-refractivity contribution in [2.75, 3.05) is 32.9 Å². The molecule has 0 aliphatic carbocycles. The lowest BCUT2D eigenvalue weighted by Gasteiger charge is -2.17. The van der Waals surface area contributed by atoms with Crippen LogP contribution in [0.5, 0.6) is 0 Å². The highest BCUT2D eigenvalue weighted by Gasteiger charge is 2.27. The molecule has 0 aromatic carbocycles. The van der Waals surface area contributed by atoms with Crippen LogP contribution in [0, 0.1) is 5.92 Å². The van der Waals surface area contributed by atoms with E-state index in [1.165, 1.54) is 0 Å². The van der Waals surface area contributed by atoms with Crippen LogP contribution in [0.3, 0.4) is 0 Å². The number of ether oxygens (including phenoxy) is 1. The van der Waals surface area contributed by atoms with Crippen LogP contribution in [0.1, 0.15) is 13.8 Å². The summed E-state index contributed by atoms with van der Waals surface area (Å²) in [6.45, 7) is 2.79. The summed E-state index contributed by atoms with van der Waals surface area (Å²) in [6, 6.07) is 0. The monoisotopic (exact) mass is 241 g/mol. The maximum atomic E-state index is 12.5. The first-order valence-corrected chi connectivity index (χ1v) is 5.32. The number of aliphatic hydroxyl groups excluding tert-OH is 2. The molecule has 0 aromatic rings. The molecular weight excluding hydrogens is 220 g/mol. The van der Waals surface area contributed by atoms with Crippen molar-refractivity contribution in [2.24, 2.45) is 5.92 Å². The van der Waals surface area contributed by atoms with Crippen molar-refractivity contribution in [3.63, 3.8) is 0 Å². The Labute approximate surface area is 94.6 Å². The molecule has 0 aromatic heterocycles. The summed E-state index contributed by atoms with van der Waals surface area (Å²) >= 11 is 0. The van der Waals surface area contributed by atoms with E-state index in [2.05, 4.69) is 5.32 Å². The number of nitrogens with one attached hydrogen (secondary N) is 1. The molecule has 98 valence electrons. The molecule has 0 heterocycles. The largest absolute Gasteiger partial charge is 0.390 e. The molecule has 0 saturated heterocycles. The second kappa shape index (κ2) is 7.89. The van der Waals surface area contributed by atoms with Gasteiger partial charge in [-0.15, -0.1) is 0 Å². The maximum Gasteiger partial charge on any atom is 0.282 e. The highest BCUT2D eigenvalue weighted by atomic mass is 19.3. The van der Waals surface area contributed by atoms with Crippen LogP contribution in [0.25, 0.3) is 0 Å². The van der Waals surface area contributed by atoms with Gasteiger partial charge < -0.3 is 20.3 Å². The van der Waals surface area contributed by atoms with Crippen LogP contribution in [0.2, 0.25) is 0 Å². The quantitative estimate of drug-likeness (QED) is 0.541. The predicted octanol–water partition coefficient (Wildman–Crippen LogP) is 0.237. The molecule has 0 saturated carbocycles. The van der Waals surface area contributed by atoms with Crippen molar-refractivity contribution < 1.29 is 23.7 Å². The van der Waals surface area contributed by atoms with E-state index in [9.17, 15) is 13.9 Å². The number of hydrogen-bond acceptors (Lipinski definition) is 4. The zero-order chi connectivity index (χ0) is 12.6. The number of hydrogen-bond donors (Lipinski definition) is 3. The lowest BCUT2D eigenvalue weighted by Crippen LogP contribution is -2.40. The van der Waals surface area contributed by atoms with Crippen molar-refractivity contribution in [2.45, 2.75) is 25.9 Å². The smallest absolute Gasteiger partial charge is 0.282 e. The molecule has 4 nitrogen and oxygen atoms in total. The fourth-order valence-corrected chi connectivity index (χ4v) is 0.976. The molecule has 0 aliphatic rings. The summed E-state index contributed by atoms with van der Waals surface area (Å²) in [5.41, 5.74) is 0. The van der Waals surface area contributed by atoms with E-state index in [-0.39, 0.29) is 13.2 Å². The number of halogens is 2. The molecule has 0 rings (SSSR count). The first-order chi connectivity index (χ1) is 7.37. The molecule has 1 unspecified atom stereocenters. The molecule has 6 heteroatoms. The minimum absolute atomic E-state index is 0.0215. The Morgan fingerprint density at radius 2 is 1.94 bits per heavy atom. The Morgan fingerprint density at radius 3 is 2.44 bits per heavy atom. The van der Waals surface area contributed by atoms with Gasteiger partial charge in [0, 0.05) is 13.2 Å². The third-order valence-electron chi connectivity index (χ3n) is 1.76. The SMILES string of the molecule is CC(C)COCC(O)CNCC(F)(F)CO. The Hall–Kier alpha value is -0.300. The van der Waals surface area contributed by atoms with Crippen molar-refractivity contribution in [3.8, 4) is 0 Å². The minimum atomic E-state index is -3.14. The van der Waals surface area contributed by atoms with Gasteiger partial charge in [-0.3, -0.25) is 0 Å². The highest BCUT2D eigenvalue weighted by molar-refractivity contribution is 4.69. The summed E-state index contributed by atoms with van der Waals surface area (Å²) < 4.78 is 30.2. The molecule has 0 fully saturated rings. The highest BCUT2D eigenvalue weighted by Crippen LogP contribution is 2.09. The van der Waals surface area contributed by atoms with Gasteiger partial charge in [0.25, 0.3) is 5.92 Å². The van der Waals surface area contributed by atoms with Gasteiger partial charge >= 0.3 is 0 Å². The van der Waals surface area contributed by atoms with Crippen LogP contribution in [-0.4, -0.2) is 55.1 Å². The fraction of sp³-hybridized carbons (Fsp3) is 1.00. The zero-order valence-electron chi connectivity index (χ0n) is 9.75. The van der Waals surface area contributed by atoms with E-state index in [0.29, 0.717) is 12.5 Å². The van der Waals surface area contributed by atoms with E-state index in [4.69, 9.17) is 9.84 Å². The average Bonchev–Trinajstić information content (AvgIpc) is 2.17. The molecule has 16 heavy (non-hydrogen) atoms. The van der Waals surface area contributed by atoms with Gasteiger partial charge in [0.05, 0.1) is 19.3 Å². The van der Waals surface area contributed by atoms with Gasteiger partial charge in [-0.25, -0.2) is 8.78 Å². The van der Waals surface area contributed by atoms with E-state index in [0.717, 1.165) is 0 Å². The van der Waals surface area contributed by atoms with E-state index in [1.807, 2.05) is 13.8 Å². The topological polar surface area (TPSA) is 61.7 Å². The summed E-state index contributed by atoms with van der Waals surface area (Å²) in [4.78, 5) is 0. The Bertz CT molecular complexity index is 179. The summed E-state index contributed by atoms with van der Waals surface area (Å²) in [5, 5.41) is 20.0. The average molecular weight is 241 g/mol. The van der Waals surface area contributed by atoms with Crippen LogP contribution in [-0.2, 0) is 4.74 Å². The van der Waals surface area contributed by atoms with Crippen molar-refractivity contribution in [3.05, 3.63) is 0 Å². The predicted molar refractivity (Wildman–Crippen MR) is 56.6 cm³/mol. The molecule has 0 spiro atoms. The first kappa shape index (κ1) is 15.7. The lowest BCUT2D eigenvalue weighted by atomic mass is 10.2. The Kier molecular flexibility index (Phi) is 7.74. The zero-order valence-corrected chi connectivity index (χ0v) is 9.75. The molecule has 3 N–H and O–H groups in total. The lowest BCUT2D eigenvalue weighted by molar-refractivity contribution is -0.0504. The maximum absolute atomic E-state index is 12.5. The summed E-state index contributed by atoms with van der Waals surface area (Å²) in [7, 11) is 0. The molecule has 0 bridgehead atoms. The van der Waals surface area contributed by atoms with Crippen LogP contribution < -0.4 is 5.32 Å². The third-order valence-corrected chi connectivity index (χ3v) is 1.76. The number of alkyl halides is 2. The van der Waals surface area contributed by atoms with Gasteiger partial charge in [-0.2, -0.15) is 0 Å². The van der Waals surface area contributed by atoms with Gasteiger partial charge in [0.1, 0.15) is 6.61 Å². The van der Waals surface area contributed by atoms with Crippen LogP contribution >= 0.6 is 0 Å². The van der Waals surface area contributed by atoms with Gasteiger partial charge in [0.15, 0.2) is 0 Å². The molecule has 1 atom stereocenters. The van der Waals surface area contributed by atoms with E-state index in [1.54, 1.807) is 0 Å². The van der Waals surface area contributed by atoms with E-state index >= 15 is 0 Å². The van der Waals surface area contributed by atoms with Gasteiger partial charge in [-0.05, 0) is 5.92 Å². The first-order valence-electron chi connectivity index (χ1n) is 5.32. The number of aliphatic hydroxyl groups is 2. The van der Waals surface area contributed by atoms with Crippen molar-refractivity contribution in [1.82, 2.24) is 5.32 Å². The minimum Gasteiger partial charge on any atom is -0.390 e. The normalized spacial score (nSPS) is 14.4. The standard InChI is InChI=1S/C10H21F2NO3/c1-8(2)4-16-5-9(15)3-13-6-10(11,12)7-14/h8-9,13-15H,3-7H2,1-2H3. The van der Waals surface area contributed by atoms with Crippen molar-refractivity contribution >= 4 is 0 Å². The fourth-order valence-electron chi connectivity index (χ4n) is 0.976. The second-order valence-corrected chi connectivity index (χ2v) is 4.23. The Balaban J connectivity index is 3.47. The molecule has 0 radical (unpaired) electrons. The van der Waals surface area contributed by atoms with Gasteiger partial charge in [-0.1, -0.05) is 13.8 Å². The number of rotatable bonds is 9. The summed E-state index contributed by atoms with van der Waals surface area (Å²) in [6.07, 6.45) is -0.812. The van der Waals surface area contributed by atoms with E-state index < -0.39 is 25.2 Å². The van der Waals surface area contributed by atoms with Crippen LogP contribution in [0.15, 0.2) is 0 Å². The second-order valence-electron chi connectivity index (χ2n) is 4.23. The molecular formula is C10H21F2NO3. The van der Waals surface area contributed by atoms with Crippen molar-refractivity contribution in [1.29, 1.82) is 0 Å². The molecule has 0 aliphatic heterocycles.